The van der Waals surface area contributed by atoms with Crippen molar-refractivity contribution >= 4 is 5.91 Å². The molecular formula is C8H16N2O2. The van der Waals surface area contributed by atoms with E-state index in [1.54, 1.807) is 0 Å². The van der Waals surface area contributed by atoms with Gasteiger partial charge in [0.2, 0.25) is 5.91 Å². The zero-order valence-electron chi connectivity index (χ0n) is 7.20. The fourth-order valence-electron chi connectivity index (χ4n) is 1.50. The van der Waals surface area contributed by atoms with Crippen LogP contribution in [0, 0.1) is 0 Å². The van der Waals surface area contributed by atoms with Gasteiger partial charge >= 0.3 is 0 Å². The van der Waals surface area contributed by atoms with E-state index in [1.807, 2.05) is 0 Å². The smallest absolute Gasteiger partial charge is 0.218 e. The lowest BCUT2D eigenvalue weighted by Gasteiger charge is -2.29. The van der Waals surface area contributed by atoms with Crippen molar-refractivity contribution in [3.05, 3.63) is 0 Å². The second-order valence-electron chi connectivity index (χ2n) is 3.31. The molecule has 0 saturated carbocycles. The second kappa shape index (κ2) is 4.42. The number of β-amino-alcohol motifs (C(OH)–C–C–N with tert-alkyl or cyclic N) is 1. The summed E-state index contributed by atoms with van der Waals surface area (Å²) in [5, 5.41) is 9.29. The Kier molecular flexibility index (Phi) is 3.49. The van der Waals surface area contributed by atoms with Gasteiger partial charge in [0.15, 0.2) is 0 Å². The summed E-state index contributed by atoms with van der Waals surface area (Å²) in [6.07, 6.45) is 2.08. The summed E-state index contributed by atoms with van der Waals surface area (Å²) in [6, 6.07) is 0. The molecule has 0 spiro atoms. The van der Waals surface area contributed by atoms with Gasteiger partial charge in [-0.2, -0.15) is 0 Å². The summed E-state index contributed by atoms with van der Waals surface area (Å²) in [6.45, 7) is 2.35. The van der Waals surface area contributed by atoms with Crippen LogP contribution < -0.4 is 5.73 Å². The number of rotatable bonds is 3. The van der Waals surface area contributed by atoms with E-state index in [1.165, 1.54) is 0 Å². The molecule has 70 valence electrons. The zero-order valence-corrected chi connectivity index (χ0v) is 7.20. The Morgan fingerprint density at radius 2 is 2.42 bits per heavy atom. The van der Waals surface area contributed by atoms with Gasteiger partial charge in [-0.05, 0) is 19.4 Å². The maximum absolute atomic E-state index is 10.5. The van der Waals surface area contributed by atoms with Crippen molar-refractivity contribution in [2.75, 3.05) is 19.6 Å². The molecule has 1 saturated heterocycles. The fourth-order valence-corrected chi connectivity index (χ4v) is 1.50. The van der Waals surface area contributed by atoms with E-state index in [0.717, 1.165) is 19.4 Å². The van der Waals surface area contributed by atoms with E-state index in [2.05, 4.69) is 4.90 Å². The molecule has 0 aromatic carbocycles. The summed E-state index contributed by atoms with van der Waals surface area (Å²) in [5.74, 6) is -0.268. The molecule has 1 fully saturated rings. The van der Waals surface area contributed by atoms with Crippen LogP contribution in [0.25, 0.3) is 0 Å². The number of likely N-dealkylation sites (tertiary alicyclic amines) is 1. The molecule has 0 bridgehead atoms. The van der Waals surface area contributed by atoms with Gasteiger partial charge in [-0.15, -0.1) is 0 Å². The summed E-state index contributed by atoms with van der Waals surface area (Å²) in [4.78, 5) is 12.5. The van der Waals surface area contributed by atoms with Crippen molar-refractivity contribution in [3.8, 4) is 0 Å². The Morgan fingerprint density at radius 3 is 3.00 bits per heavy atom. The third-order valence-corrected chi connectivity index (χ3v) is 2.16. The number of carbonyl (C=O) groups excluding carboxylic acids is 1. The average Bonchev–Trinajstić information content (AvgIpc) is 2.01. The highest BCUT2D eigenvalue weighted by Crippen LogP contribution is 2.09. The van der Waals surface area contributed by atoms with Crippen molar-refractivity contribution in [2.24, 2.45) is 5.73 Å². The van der Waals surface area contributed by atoms with Crippen LogP contribution in [0.15, 0.2) is 0 Å². The van der Waals surface area contributed by atoms with E-state index in [4.69, 9.17) is 5.73 Å². The topological polar surface area (TPSA) is 66.6 Å². The summed E-state index contributed by atoms with van der Waals surface area (Å²) in [7, 11) is 0. The molecule has 3 N–H and O–H groups in total. The van der Waals surface area contributed by atoms with Gasteiger partial charge < -0.3 is 15.7 Å². The molecule has 1 atom stereocenters. The first-order valence-corrected chi connectivity index (χ1v) is 4.37. The van der Waals surface area contributed by atoms with Gasteiger partial charge in [0.05, 0.1) is 6.10 Å². The fraction of sp³-hybridized carbons (Fsp3) is 0.875. The van der Waals surface area contributed by atoms with Crippen LogP contribution in [0.2, 0.25) is 0 Å². The number of carbonyl (C=O) groups is 1. The number of amides is 1. The van der Waals surface area contributed by atoms with Gasteiger partial charge in [-0.25, -0.2) is 0 Å². The van der Waals surface area contributed by atoms with Crippen LogP contribution in [0.4, 0.5) is 0 Å². The lowest BCUT2D eigenvalue weighted by atomic mass is 10.1. The summed E-state index contributed by atoms with van der Waals surface area (Å²) >= 11 is 0. The number of piperidine rings is 1. The normalized spacial score (nSPS) is 25.6. The number of hydrogen-bond acceptors (Lipinski definition) is 3. The highest BCUT2D eigenvalue weighted by Gasteiger charge is 2.17. The molecule has 4 heteroatoms. The number of aliphatic hydroxyl groups is 1. The van der Waals surface area contributed by atoms with E-state index < -0.39 is 0 Å². The second-order valence-corrected chi connectivity index (χ2v) is 3.31. The number of primary amides is 1. The predicted octanol–water partition coefficient (Wildman–Crippen LogP) is -0.682. The Labute approximate surface area is 72.3 Å². The molecule has 1 rings (SSSR count). The molecular weight excluding hydrogens is 156 g/mol. The molecule has 0 aliphatic carbocycles. The lowest BCUT2D eigenvalue weighted by Crippen LogP contribution is -2.39. The van der Waals surface area contributed by atoms with E-state index in [9.17, 15) is 9.90 Å². The van der Waals surface area contributed by atoms with Gasteiger partial charge in [-0.1, -0.05) is 0 Å². The number of hydrogen-bond donors (Lipinski definition) is 2. The van der Waals surface area contributed by atoms with E-state index in [0.29, 0.717) is 19.5 Å². The van der Waals surface area contributed by atoms with E-state index in [-0.39, 0.29) is 12.0 Å². The van der Waals surface area contributed by atoms with Crippen molar-refractivity contribution in [1.82, 2.24) is 4.90 Å². The van der Waals surface area contributed by atoms with Gasteiger partial charge in [0.1, 0.15) is 0 Å². The lowest BCUT2D eigenvalue weighted by molar-refractivity contribution is -0.118. The molecule has 1 aliphatic heterocycles. The Morgan fingerprint density at radius 1 is 1.67 bits per heavy atom. The minimum absolute atomic E-state index is 0.216. The monoisotopic (exact) mass is 172 g/mol. The minimum atomic E-state index is -0.268. The molecule has 0 radical (unpaired) electrons. The Bertz CT molecular complexity index is 161. The first kappa shape index (κ1) is 9.48. The summed E-state index contributed by atoms with van der Waals surface area (Å²) in [5.41, 5.74) is 5.02. The number of nitrogens with two attached hydrogens (primary N) is 1. The van der Waals surface area contributed by atoms with E-state index >= 15 is 0 Å². The van der Waals surface area contributed by atoms with Crippen LogP contribution in [-0.4, -0.2) is 41.7 Å². The third kappa shape index (κ3) is 3.19. The number of nitrogens with zero attached hydrogens (tertiary/aromatic N) is 1. The Hall–Kier alpha value is -0.610. The zero-order chi connectivity index (χ0) is 8.97. The molecule has 4 nitrogen and oxygen atoms in total. The molecule has 1 aliphatic rings. The van der Waals surface area contributed by atoms with Crippen LogP contribution >= 0.6 is 0 Å². The maximum Gasteiger partial charge on any atom is 0.218 e. The quantitative estimate of drug-likeness (QED) is 0.592. The summed E-state index contributed by atoms with van der Waals surface area (Å²) < 4.78 is 0. The average molecular weight is 172 g/mol. The molecule has 1 heterocycles. The van der Waals surface area contributed by atoms with Crippen LogP contribution in [0.3, 0.4) is 0 Å². The van der Waals surface area contributed by atoms with Crippen LogP contribution in [-0.2, 0) is 4.79 Å². The first-order chi connectivity index (χ1) is 5.68. The largest absolute Gasteiger partial charge is 0.392 e. The number of aliphatic hydroxyl groups excluding tert-OH is 1. The van der Waals surface area contributed by atoms with Crippen molar-refractivity contribution in [3.63, 3.8) is 0 Å². The van der Waals surface area contributed by atoms with Crippen molar-refractivity contribution in [1.29, 1.82) is 0 Å². The maximum atomic E-state index is 10.5. The molecule has 1 amide bonds. The van der Waals surface area contributed by atoms with Gasteiger partial charge in [0.25, 0.3) is 0 Å². The highest BCUT2D eigenvalue weighted by atomic mass is 16.3. The van der Waals surface area contributed by atoms with Gasteiger partial charge in [-0.3, -0.25) is 4.79 Å². The first-order valence-electron chi connectivity index (χ1n) is 4.37. The molecule has 0 aromatic heterocycles. The van der Waals surface area contributed by atoms with Crippen LogP contribution in [0.5, 0.6) is 0 Å². The highest BCUT2D eigenvalue weighted by molar-refractivity contribution is 5.73. The SMILES string of the molecule is NC(=O)CCN1CCC[C@@H](O)C1. The molecule has 0 aromatic rings. The Balaban J connectivity index is 2.18. The third-order valence-electron chi connectivity index (χ3n) is 2.16. The van der Waals surface area contributed by atoms with Gasteiger partial charge in [0, 0.05) is 19.5 Å². The molecule has 0 unspecified atom stereocenters. The standard InChI is InChI=1S/C8H16N2O2/c9-8(12)3-5-10-4-1-2-7(11)6-10/h7,11H,1-6H2,(H2,9,12)/t7-/m1/s1. The van der Waals surface area contributed by atoms with Crippen molar-refractivity contribution in [2.45, 2.75) is 25.4 Å². The molecule has 12 heavy (non-hydrogen) atoms. The van der Waals surface area contributed by atoms with Crippen molar-refractivity contribution < 1.29 is 9.90 Å². The predicted molar refractivity (Wildman–Crippen MR) is 45.5 cm³/mol. The van der Waals surface area contributed by atoms with Crippen LogP contribution in [0.1, 0.15) is 19.3 Å². The minimum Gasteiger partial charge on any atom is -0.392 e.